The molecule has 1 aromatic rings. The van der Waals surface area contributed by atoms with Crippen molar-refractivity contribution in [3.8, 4) is 0 Å². The molecule has 19 heavy (non-hydrogen) atoms. The summed E-state index contributed by atoms with van der Waals surface area (Å²) in [5.74, 6) is -0.467. The highest BCUT2D eigenvalue weighted by molar-refractivity contribution is 5.96. The van der Waals surface area contributed by atoms with E-state index in [0.717, 1.165) is 19.4 Å². The van der Waals surface area contributed by atoms with Gasteiger partial charge in [0.2, 0.25) is 0 Å². The number of benzene rings is 1. The molecule has 1 aliphatic rings. The lowest BCUT2D eigenvalue weighted by Gasteiger charge is -2.38. The van der Waals surface area contributed by atoms with Gasteiger partial charge in [-0.2, -0.15) is 0 Å². The molecule has 102 valence electrons. The summed E-state index contributed by atoms with van der Waals surface area (Å²) < 4.78 is 0. The van der Waals surface area contributed by atoms with Crippen molar-refractivity contribution in [2.24, 2.45) is 5.92 Å². The molecule has 0 saturated carbocycles. The van der Waals surface area contributed by atoms with Crippen LogP contribution < -0.4 is 0 Å². The molecule has 4 heteroatoms. The molecule has 1 aliphatic heterocycles. The third-order valence-electron chi connectivity index (χ3n) is 4.01. The molecule has 1 fully saturated rings. The second kappa shape index (κ2) is 5.43. The van der Waals surface area contributed by atoms with Crippen LogP contribution >= 0.6 is 0 Å². The minimum Gasteiger partial charge on any atom is -0.478 e. The van der Waals surface area contributed by atoms with E-state index in [-0.39, 0.29) is 17.5 Å². The Morgan fingerprint density at radius 1 is 1.16 bits per heavy atom. The second-order valence-electron chi connectivity index (χ2n) is 5.24. The van der Waals surface area contributed by atoms with Crippen LogP contribution in [0.4, 0.5) is 0 Å². The molecule has 0 aromatic heterocycles. The van der Waals surface area contributed by atoms with Crippen molar-refractivity contribution in [1.82, 2.24) is 4.90 Å². The van der Waals surface area contributed by atoms with E-state index in [1.165, 1.54) is 12.1 Å². The van der Waals surface area contributed by atoms with Crippen molar-refractivity contribution < 1.29 is 14.7 Å². The number of hydrogen-bond acceptors (Lipinski definition) is 2. The van der Waals surface area contributed by atoms with Gasteiger partial charge in [-0.05, 0) is 49.9 Å². The maximum Gasteiger partial charge on any atom is 0.335 e. The van der Waals surface area contributed by atoms with Gasteiger partial charge in [0.1, 0.15) is 0 Å². The van der Waals surface area contributed by atoms with E-state index in [9.17, 15) is 9.59 Å². The van der Waals surface area contributed by atoms with E-state index in [0.29, 0.717) is 11.5 Å². The molecule has 1 saturated heterocycles. The topological polar surface area (TPSA) is 57.6 Å². The third-order valence-corrected chi connectivity index (χ3v) is 4.01. The summed E-state index contributed by atoms with van der Waals surface area (Å²) in [7, 11) is 0. The molecule has 1 amide bonds. The number of amides is 1. The maximum atomic E-state index is 12.4. The predicted octanol–water partition coefficient (Wildman–Crippen LogP) is 2.65. The first kappa shape index (κ1) is 13.6. The highest BCUT2D eigenvalue weighted by Gasteiger charge is 2.28. The number of nitrogens with zero attached hydrogens (tertiary/aromatic N) is 1. The molecule has 2 rings (SSSR count). The lowest BCUT2D eigenvalue weighted by molar-refractivity contribution is 0.0550. The normalized spacial score (nSPS) is 23.2. The Morgan fingerprint density at radius 3 is 2.32 bits per heavy atom. The van der Waals surface area contributed by atoms with Crippen molar-refractivity contribution in [1.29, 1.82) is 0 Å². The lowest BCUT2D eigenvalue weighted by atomic mass is 9.91. The summed E-state index contributed by atoms with van der Waals surface area (Å²) in [5, 5.41) is 8.84. The van der Waals surface area contributed by atoms with Gasteiger partial charge >= 0.3 is 5.97 Å². The number of hydrogen-bond donors (Lipinski definition) is 1. The first-order chi connectivity index (χ1) is 9.00. The molecule has 1 aromatic carbocycles. The highest BCUT2D eigenvalue weighted by Crippen LogP contribution is 2.24. The molecule has 0 bridgehead atoms. The largest absolute Gasteiger partial charge is 0.478 e. The molecular formula is C15H19NO3. The van der Waals surface area contributed by atoms with Crippen molar-refractivity contribution in [3.63, 3.8) is 0 Å². The van der Waals surface area contributed by atoms with Gasteiger partial charge in [0, 0.05) is 18.2 Å². The standard InChI is InChI=1S/C15H19NO3/c1-10-4-3-9-16(11(10)2)14(17)12-5-7-13(8-6-12)15(18)19/h5-8,10-11H,3-4,9H2,1-2H3,(H,18,19). The smallest absolute Gasteiger partial charge is 0.335 e. The molecule has 2 atom stereocenters. The van der Waals surface area contributed by atoms with Gasteiger partial charge in [-0.1, -0.05) is 6.92 Å². The van der Waals surface area contributed by atoms with Gasteiger partial charge < -0.3 is 10.0 Å². The number of aromatic carboxylic acids is 1. The van der Waals surface area contributed by atoms with Gasteiger partial charge in [0.25, 0.3) is 5.91 Å². The van der Waals surface area contributed by atoms with Crippen LogP contribution in [0.1, 0.15) is 47.4 Å². The Bertz CT molecular complexity index is 481. The fourth-order valence-corrected chi connectivity index (χ4v) is 2.54. The molecule has 0 aliphatic carbocycles. The molecule has 4 nitrogen and oxygen atoms in total. The van der Waals surface area contributed by atoms with Crippen LogP contribution in [0, 0.1) is 5.92 Å². The van der Waals surface area contributed by atoms with E-state index in [1.54, 1.807) is 12.1 Å². The minimum absolute atomic E-state index is 0.00371. The number of rotatable bonds is 2. The number of likely N-dealkylation sites (tertiary alicyclic amines) is 1. The number of carboxylic acid groups (broad SMARTS) is 1. The number of piperidine rings is 1. The van der Waals surface area contributed by atoms with Crippen LogP contribution in [-0.4, -0.2) is 34.5 Å². The zero-order valence-electron chi connectivity index (χ0n) is 11.3. The van der Waals surface area contributed by atoms with Gasteiger partial charge in [0.05, 0.1) is 5.56 Å². The SMILES string of the molecule is CC1CCCN(C(=O)c2ccc(C(=O)O)cc2)C1C. The van der Waals surface area contributed by atoms with E-state index in [2.05, 4.69) is 13.8 Å². The average molecular weight is 261 g/mol. The maximum absolute atomic E-state index is 12.4. The summed E-state index contributed by atoms with van der Waals surface area (Å²) in [6, 6.07) is 6.39. The van der Waals surface area contributed by atoms with Gasteiger partial charge in [-0.15, -0.1) is 0 Å². The summed E-state index contributed by atoms with van der Waals surface area (Å²) in [6.45, 7) is 5.02. The second-order valence-corrected chi connectivity index (χ2v) is 5.24. The Balaban J connectivity index is 2.17. The summed E-state index contributed by atoms with van der Waals surface area (Å²) >= 11 is 0. The Hall–Kier alpha value is -1.84. The van der Waals surface area contributed by atoms with Crippen LogP contribution in [0.25, 0.3) is 0 Å². The monoisotopic (exact) mass is 261 g/mol. The van der Waals surface area contributed by atoms with Crippen LogP contribution in [0.15, 0.2) is 24.3 Å². The zero-order chi connectivity index (χ0) is 14.0. The summed E-state index contributed by atoms with van der Waals surface area (Å²) in [4.78, 5) is 25.1. The van der Waals surface area contributed by atoms with Crippen LogP contribution in [0.2, 0.25) is 0 Å². The molecule has 1 heterocycles. The fraction of sp³-hybridized carbons (Fsp3) is 0.467. The Kier molecular flexibility index (Phi) is 3.88. The van der Waals surface area contributed by atoms with E-state index in [1.807, 2.05) is 4.90 Å². The van der Waals surface area contributed by atoms with Gasteiger partial charge in [0.15, 0.2) is 0 Å². The highest BCUT2D eigenvalue weighted by atomic mass is 16.4. The first-order valence-electron chi connectivity index (χ1n) is 6.65. The minimum atomic E-state index is -0.973. The lowest BCUT2D eigenvalue weighted by Crippen LogP contribution is -2.46. The first-order valence-corrected chi connectivity index (χ1v) is 6.65. The summed E-state index contributed by atoms with van der Waals surface area (Å²) in [5.41, 5.74) is 0.766. The molecule has 1 N–H and O–H groups in total. The number of carbonyl (C=O) groups excluding carboxylic acids is 1. The van der Waals surface area contributed by atoms with Crippen LogP contribution in [0.5, 0.6) is 0 Å². The quantitative estimate of drug-likeness (QED) is 0.890. The average Bonchev–Trinajstić information content (AvgIpc) is 2.41. The van der Waals surface area contributed by atoms with E-state index < -0.39 is 5.97 Å². The van der Waals surface area contributed by atoms with E-state index in [4.69, 9.17) is 5.11 Å². The van der Waals surface area contributed by atoms with Crippen LogP contribution in [0.3, 0.4) is 0 Å². The van der Waals surface area contributed by atoms with Crippen molar-refractivity contribution in [3.05, 3.63) is 35.4 Å². The number of carboxylic acids is 1. The van der Waals surface area contributed by atoms with Crippen molar-refractivity contribution in [2.75, 3.05) is 6.54 Å². The van der Waals surface area contributed by atoms with Crippen molar-refractivity contribution >= 4 is 11.9 Å². The molecule has 0 spiro atoms. The Morgan fingerprint density at radius 2 is 1.74 bits per heavy atom. The summed E-state index contributed by atoms with van der Waals surface area (Å²) in [6.07, 6.45) is 2.19. The fourth-order valence-electron chi connectivity index (χ4n) is 2.54. The van der Waals surface area contributed by atoms with E-state index >= 15 is 0 Å². The zero-order valence-corrected chi connectivity index (χ0v) is 11.3. The Labute approximate surface area is 113 Å². The van der Waals surface area contributed by atoms with Crippen molar-refractivity contribution in [2.45, 2.75) is 32.7 Å². The number of carbonyl (C=O) groups is 2. The van der Waals surface area contributed by atoms with Gasteiger partial charge in [-0.25, -0.2) is 4.79 Å². The predicted molar refractivity (Wildman–Crippen MR) is 72.3 cm³/mol. The third kappa shape index (κ3) is 2.78. The van der Waals surface area contributed by atoms with Crippen LogP contribution in [-0.2, 0) is 0 Å². The van der Waals surface area contributed by atoms with Gasteiger partial charge in [-0.3, -0.25) is 4.79 Å². The molecule has 0 radical (unpaired) electrons. The molecule has 2 unspecified atom stereocenters. The molecular weight excluding hydrogens is 242 g/mol.